The maximum Gasteiger partial charge on any atom is 0.416 e. The van der Waals surface area contributed by atoms with Crippen LogP contribution in [-0.2, 0) is 25.4 Å². The Kier molecular flexibility index (Phi) is 5.19. The van der Waals surface area contributed by atoms with Gasteiger partial charge in [0.15, 0.2) is 0 Å². The second-order valence-electron chi connectivity index (χ2n) is 6.82. The molecule has 0 aromatic carbocycles. The number of halogens is 5. The number of aromatic amines is 1. The van der Waals surface area contributed by atoms with Crippen LogP contribution in [0.25, 0.3) is 11.0 Å². The van der Waals surface area contributed by atoms with Gasteiger partial charge in [0, 0.05) is 41.7 Å². The number of nitrogens with one attached hydrogen (secondary N) is 1. The molecular weight excluding hydrogens is 403 g/mol. The zero-order valence-corrected chi connectivity index (χ0v) is 15.5. The number of fused-ring (bicyclic) bond motifs is 1. The molecule has 4 aromatic heterocycles. The molecule has 0 fully saturated rings. The molecule has 0 saturated carbocycles. The fraction of sp³-hybridized carbons (Fsp3) is 0.190. The zero-order chi connectivity index (χ0) is 21.3. The van der Waals surface area contributed by atoms with E-state index in [1.807, 2.05) is 0 Å². The fourth-order valence-electron chi connectivity index (χ4n) is 3.32. The standard InChI is InChI=1S/C21H15F5N4/c22-15-8-17-14(10-28-20(17)29-11-15)7-12-1-3-16(30-19(12)23)4-2-13-9-27-6-5-18(13)21(24,25)26/h1,3,5-6,8-11H,2,4,7H2,(H,28,29). The van der Waals surface area contributed by atoms with Crippen LogP contribution < -0.4 is 0 Å². The van der Waals surface area contributed by atoms with Crippen molar-refractivity contribution in [2.75, 3.05) is 0 Å². The van der Waals surface area contributed by atoms with Gasteiger partial charge in [0.2, 0.25) is 5.95 Å². The van der Waals surface area contributed by atoms with E-state index >= 15 is 0 Å². The first-order valence-electron chi connectivity index (χ1n) is 9.07. The Morgan fingerprint density at radius 1 is 0.933 bits per heavy atom. The number of alkyl halides is 3. The summed E-state index contributed by atoms with van der Waals surface area (Å²) >= 11 is 0. The molecule has 0 bridgehead atoms. The van der Waals surface area contributed by atoms with Gasteiger partial charge in [-0.1, -0.05) is 6.07 Å². The molecule has 30 heavy (non-hydrogen) atoms. The van der Waals surface area contributed by atoms with Crippen molar-refractivity contribution in [3.05, 3.63) is 88.8 Å². The summed E-state index contributed by atoms with van der Waals surface area (Å²) in [6.45, 7) is 0. The second kappa shape index (κ2) is 7.81. The van der Waals surface area contributed by atoms with E-state index in [0.717, 1.165) is 24.7 Å². The van der Waals surface area contributed by atoms with Crippen LogP contribution in [0.2, 0.25) is 0 Å². The number of aryl methyl sites for hydroxylation is 2. The predicted molar refractivity (Wildman–Crippen MR) is 99.7 cm³/mol. The molecule has 4 rings (SSSR count). The van der Waals surface area contributed by atoms with Crippen LogP contribution in [0.3, 0.4) is 0 Å². The van der Waals surface area contributed by atoms with Gasteiger partial charge in [-0.05, 0) is 42.2 Å². The average Bonchev–Trinajstić information content (AvgIpc) is 3.09. The predicted octanol–water partition coefficient (Wildman–Crippen LogP) is 5.03. The highest BCUT2D eigenvalue weighted by atomic mass is 19.4. The maximum atomic E-state index is 14.5. The van der Waals surface area contributed by atoms with Crippen LogP contribution in [0.5, 0.6) is 0 Å². The molecule has 0 aliphatic rings. The van der Waals surface area contributed by atoms with E-state index in [9.17, 15) is 22.0 Å². The van der Waals surface area contributed by atoms with E-state index in [0.29, 0.717) is 27.9 Å². The Balaban J connectivity index is 1.51. The van der Waals surface area contributed by atoms with Crippen molar-refractivity contribution in [3.8, 4) is 0 Å². The molecule has 0 aliphatic heterocycles. The Labute approximate surface area is 167 Å². The molecule has 0 amide bonds. The van der Waals surface area contributed by atoms with Gasteiger partial charge >= 0.3 is 6.18 Å². The van der Waals surface area contributed by atoms with E-state index in [2.05, 4.69) is 19.9 Å². The molecule has 154 valence electrons. The van der Waals surface area contributed by atoms with Crippen LogP contribution in [0.4, 0.5) is 22.0 Å². The summed E-state index contributed by atoms with van der Waals surface area (Å²) in [7, 11) is 0. The molecular formula is C21H15F5N4. The Morgan fingerprint density at radius 2 is 1.77 bits per heavy atom. The third-order valence-electron chi connectivity index (χ3n) is 4.81. The van der Waals surface area contributed by atoms with E-state index in [1.54, 1.807) is 12.3 Å². The quantitative estimate of drug-likeness (QED) is 0.366. The summed E-state index contributed by atoms with van der Waals surface area (Å²) in [5, 5.41) is 0.551. The van der Waals surface area contributed by atoms with Crippen molar-refractivity contribution in [2.24, 2.45) is 0 Å². The number of hydrogen-bond acceptors (Lipinski definition) is 3. The average molecular weight is 418 g/mol. The van der Waals surface area contributed by atoms with E-state index in [4.69, 9.17) is 0 Å². The van der Waals surface area contributed by atoms with E-state index in [-0.39, 0.29) is 24.8 Å². The van der Waals surface area contributed by atoms with Crippen LogP contribution in [0.15, 0.2) is 49.1 Å². The summed E-state index contributed by atoms with van der Waals surface area (Å²) < 4.78 is 67.2. The molecule has 4 nitrogen and oxygen atoms in total. The first-order chi connectivity index (χ1) is 14.3. The van der Waals surface area contributed by atoms with Crippen LogP contribution in [0.1, 0.15) is 27.9 Å². The molecule has 0 unspecified atom stereocenters. The first kappa shape index (κ1) is 19.9. The summed E-state index contributed by atoms with van der Waals surface area (Å²) in [4.78, 5) is 14.5. The van der Waals surface area contributed by atoms with Crippen LogP contribution in [0, 0.1) is 11.8 Å². The third-order valence-corrected chi connectivity index (χ3v) is 4.81. The highest BCUT2D eigenvalue weighted by Gasteiger charge is 2.33. The van der Waals surface area contributed by atoms with Crippen molar-refractivity contribution >= 4 is 11.0 Å². The molecule has 0 aliphatic carbocycles. The monoisotopic (exact) mass is 418 g/mol. The number of rotatable bonds is 5. The maximum absolute atomic E-state index is 14.5. The second-order valence-corrected chi connectivity index (χ2v) is 6.82. The minimum absolute atomic E-state index is 0.0296. The number of hydrogen-bond donors (Lipinski definition) is 1. The highest BCUT2D eigenvalue weighted by molar-refractivity contribution is 5.79. The highest BCUT2D eigenvalue weighted by Crippen LogP contribution is 2.32. The van der Waals surface area contributed by atoms with Gasteiger partial charge in [0.25, 0.3) is 0 Å². The fourth-order valence-corrected chi connectivity index (χ4v) is 3.32. The summed E-state index contributed by atoms with van der Waals surface area (Å²) in [6, 6.07) is 5.36. The molecule has 0 spiro atoms. The van der Waals surface area contributed by atoms with Crippen molar-refractivity contribution in [1.29, 1.82) is 0 Å². The Hall–Kier alpha value is -3.36. The SMILES string of the molecule is Fc1cnc2[nH]cc(Cc3ccc(CCc4cnccc4C(F)(F)F)nc3F)c2c1. The third kappa shape index (κ3) is 4.14. The van der Waals surface area contributed by atoms with Crippen LogP contribution >= 0.6 is 0 Å². The number of aromatic nitrogens is 4. The Bertz CT molecular complexity index is 1200. The molecule has 0 atom stereocenters. The molecule has 4 heterocycles. The first-order valence-corrected chi connectivity index (χ1v) is 9.07. The van der Waals surface area contributed by atoms with E-state index < -0.39 is 23.5 Å². The van der Waals surface area contributed by atoms with Gasteiger partial charge in [-0.15, -0.1) is 0 Å². The van der Waals surface area contributed by atoms with Gasteiger partial charge in [0.1, 0.15) is 11.5 Å². The molecule has 0 saturated heterocycles. The zero-order valence-electron chi connectivity index (χ0n) is 15.5. The topological polar surface area (TPSA) is 54.5 Å². The number of nitrogens with zero attached hydrogens (tertiary/aromatic N) is 3. The Morgan fingerprint density at radius 3 is 2.53 bits per heavy atom. The van der Waals surface area contributed by atoms with Crippen LogP contribution in [-0.4, -0.2) is 19.9 Å². The summed E-state index contributed by atoms with van der Waals surface area (Å²) in [6.07, 6.45) is 0.829. The van der Waals surface area contributed by atoms with Gasteiger partial charge in [-0.2, -0.15) is 17.6 Å². The minimum Gasteiger partial charge on any atom is -0.346 e. The van der Waals surface area contributed by atoms with Crippen molar-refractivity contribution in [1.82, 2.24) is 19.9 Å². The molecule has 1 N–H and O–H groups in total. The molecule has 9 heteroatoms. The summed E-state index contributed by atoms with van der Waals surface area (Å²) in [5.74, 6) is -1.21. The lowest BCUT2D eigenvalue weighted by Gasteiger charge is -2.12. The van der Waals surface area contributed by atoms with E-state index in [1.165, 1.54) is 12.1 Å². The van der Waals surface area contributed by atoms with Gasteiger partial charge in [-0.3, -0.25) is 4.98 Å². The number of pyridine rings is 3. The van der Waals surface area contributed by atoms with Crippen molar-refractivity contribution in [2.45, 2.75) is 25.4 Å². The lowest BCUT2D eigenvalue weighted by Crippen LogP contribution is -2.10. The molecule has 4 aromatic rings. The summed E-state index contributed by atoms with van der Waals surface area (Å²) in [5.41, 5.74) is 1.06. The van der Waals surface area contributed by atoms with Crippen molar-refractivity contribution < 1.29 is 22.0 Å². The van der Waals surface area contributed by atoms with Crippen molar-refractivity contribution in [3.63, 3.8) is 0 Å². The lowest BCUT2D eigenvalue weighted by molar-refractivity contribution is -0.138. The van der Waals surface area contributed by atoms with Gasteiger partial charge in [-0.25, -0.2) is 14.4 Å². The van der Waals surface area contributed by atoms with Gasteiger partial charge < -0.3 is 4.98 Å². The number of H-pyrrole nitrogens is 1. The lowest BCUT2D eigenvalue weighted by atomic mass is 10.0. The normalized spacial score (nSPS) is 11.9. The minimum atomic E-state index is -4.48. The smallest absolute Gasteiger partial charge is 0.346 e. The molecule has 0 radical (unpaired) electrons. The largest absolute Gasteiger partial charge is 0.416 e. The van der Waals surface area contributed by atoms with Gasteiger partial charge in [0.05, 0.1) is 11.8 Å².